The second-order valence-electron chi connectivity index (χ2n) is 10.4. The highest BCUT2D eigenvalue weighted by atomic mass is 16.6. The van der Waals surface area contributed by atoms with E-state index in [1.54, 1.807) is 38.7 Å². The standard InChI is InChI=1S/C25H37N3O4/c1-9-17-11-10-12-18(15-17)20(21(29)27-24(3,4)5)28(19-13-14-19)22(30)16(2)26-23(31)32-25(6,7)8/h9-12,15-16,19-20H,1,13-14H2,2-8H3,(H,26,31)(H,27,29). The van der Waals surface area contributed by atoms with E-state index in [0.29, 0.717) is 5.56 Å². The Labute approximate surface area is 191 Å². The summed E-state index contributed by atoms with van der Waals surface area (Å²) in [6.45, 7) is 16.4. The summed E-state index contributed by atoms with van der Waals surface area (Å²) in [5.41, 5.74) is 0.417. The molecule has 0 aliphatic heterocycles. The molecular formula is C25H37N3O4. The van der Waals surface area contributed by atoms with Crippen molar-refractivity contribution in [2.24, 2.45) is 0 Å². The molecule has 2 N–H and O–H groups in total. The molecule has 2 atom stereocenters. The largest absolute Gasteiger partial charge is 0.444 e. The predicted octanol–water partition coefficient (Wildman–Crippen LogP) is 4.19. The van der Waals surface area contributed by atoms with E-state index in [0.717, 1.165) is 18.4 Å². The molecule has 2 unspecified atom stereocenters. The molecule has 1 aliphatic carbocycles. The topological polar surface area (TPSA) is 87.7 Å². The molecule has 1 aliphatic rings. The Morgan fingerprint density at radius 3 is 2.28 bits per heavy atom. The molecule has 1 aromatic rings. The number of amides is 3. The molecule has 0 saturated heterocycles. The zero-order chi connectivity index (χ0) is 24.3. The molecule has 3 amide bonds. The van der Waals surface area contributed by atoms with Crippen LogP contribution in [0.2, 0.25) is 0 Å². The van der Waals surface area contributed by atoms with Crippen LogP contribution >= 0.6 is 0 Å². The number of hydrogen-bond donors (Lipinski definition) is 2. The highest BCUT2D eigenvalue weighted by molar-refractivity contribution is 5.92. The van der Waals surface area contributed by atoms with Gasteiger partial charge in [-0.15, -0.1) is 0 Å². The van der Waals surface area contributed by atoms with Crippen molar-refractivity contribution in [1.82, 2.24) is 15.5 Å². The van der Waals surface area contributed by atoms with E-state index in [4.69, 9.17) is 4.74 Å². The number of hydrogen-bond acceptors (Lipinski definition) is 4. The lowest BCUT2D eigenvalue weighted by Crippen LogP contribution is -2.54. The lowest BCUT2D eigenvalue weighted by atomic mass is 9.99. The Morgan fingerprint density at radius 2 is 1.78 bits per heavy atom. The van der Waals surface area contributed by atoms with Gasteiger partial charge in [0.25, 0.3) is 0 Å². The molecule has 0 radical (unpaired) electrons. The maximum Gasteiger partial charge on any atom is 0.408 e. The van der Waals surface area contributed by atoms with Crippen LogP contribution in [0.1, 0.15) is 78.5 Å². The van der Waals surface area contributed by atoms with Crippen LogP contribution < -0.4 is 10.6 Å². The first-order valence-corrected chi connectivity index (χ1v) is 11.1. The molecule has 0 aromatic heterocycles. The van der Waals surface area contributed by atoms with Crippen LogP contribution in [0.25, 0.3) is 6.08 Å². The smallest absolute Gasteiger partial charge is 0.408 e. The van der Waals surface area contributed by atoms with E-state index < -0.39 is 29.3 Å². The molecule has 7 heteroatoms. The van der Waals surface area contributed by atoms with E-state index in [-0.39, 0.29) is 17.9 Å². The average molecular weight is 444 g/mol. The van der Waals surface area contributed by atoms with Crippen molar-refractivity contribution < 1.29 is 19.1 Å². The highest BCUT2D eigenvalue weighted by Crippen LogP contribution is 2.36. The second kappa shape index (κ2) is 9.76. The van der Waals surface area contributed by atoms with Crippen LogP contribution in [-0.4, -0.2) is 46.0 Å². The predicted molar refractivity (Wildman–Crippen MR) is 126 cm³/mol. The van der Waals surface area contributed by atoms with Gasteiger partial charge in [-0.1, -0.05) is 30.9 Å². The fourth-order valence-corrected chi connectivity index (χ4v) is 3.37. The van der Waals surface area contributed by atoms with E-state index in [1.165, 1.54) is 0 Å². The Kier molecular flexibility index (Phi) is 7.75. The Hall–Kier alpha value is -2.83. The van der Waals surface area contributed by atoms with E-state index in [1.807, 2.05) is 45.0 Å². The number of carbonyl (C=O) groups excluding carboxylic acids is 3. The Morgan fingerprint density at radius 1 is 1.16 bits per heavy atom. The van der Waals surface area contributed by atoms with Crippen LogP contribution in [0.5, 0.6) is 0 Å². The van der Waals surface area contributed by atoms with Crippen LogP contribution in [0.15, 0.2) is 30.8 Å². The van der Waals surface area contributed by atoms with Gasteiger partial charge in [0, 0.05) is 11.6 Å². The lowest BCUT2D eigenvalue weighted by Gasteiger charge is -2.35. The monoisotopic (exact) mass is 443 g/mol. The summed E-state index contributed by atoms with van der Waals surface area (Å²) in [6.07, 6.45) is 2.66. The van der Waals surface area contributed by atoms with Gasteiger partial charge in [-0.2, -0.15) is 0 Å². The van der Waals surface area contributed by atoms with Gasteiger partial charge < -0.3 is 20.3 Å². The molecule has 1 aromatic carbocycles. The molecule has 7 nitrogen and oxygen atoms in total. The normalized spacial score (nSPS) is 15.8. The summed E-state index contributed by atoms with van der Waals surface area (Å²) in [5, 5.41) is 5.63. The van der Waals surface area contributed by atoms with Crippen molar-refractivity contribution in [2.45, 2.75) is 90.6 Å². The molecule has 1 saturated carbocycles. The van der Waals surface area contributed by atoms with Gasteiger partial charge in [0.1, 0.15) is 17.7 Å². The minimum absolute atomic E-state index is 0.0616. The average Bonchev–Trinajstić information content (AvgIpc) is 3.47. The number of benzene rings is 1. The Balaban J connectivity index is 2.38. The zero-order valence-electron chi connectivity index (χ0n) is 20.3. The van der Waals surface area contributed by atoms with Crippen molar-refractivity contribution in [3.05, 3.63) is 42.0 Å². The molecular weight excluding hydrogens is 406 g/mol. The van der Waals surface area contributed by atoms with Crippen molar-refractivity contribution in [1.29, 1.82) is 0 Å². The number of nitrogens with zero attached hydrogens (tertiary/aromatic N) is 1. The summed E-state index contributed by atoms with van der Waals surface area (Å²) in [7, 11) is 0. The minimum atomic E-state index is -0.849. The van der Waals surface area contributed by atoms with Crippen molar-refractivity contribution in [3.8, 4) is 0 Å². The second-order valence-corrected chi connectivity index (χ2v) is 10.4. The van der Waals surface area contributed by atoms with Gasteiger partial charge >= 0.3 is 6.09 Å². The number of alkyl carbamates (subject to hydrolysis) is 1. The lowest BCUT2D eigenvalue weighted by molar-refractivity contribution is -0.143. The van der Waals surface area contributed by atoms with Crippen molar-refractivity contribution in [2.75, 3.05) is 0 Å². The summed E-state index contributed by atoms with van der Waals surface area (Å²) in [6, 6.07) is 5.72. The van der Waals surface area contributed by atoms with E-state index in [9.17, 15) is 14.4 Å². The SMILES string of the molecule is C=Cc1cccc(C(C(=O)NC(C)(C)C)N(C(=O)C(C)NC(=O)OC(C)(C)C)C2CC2)c1. The number of nitrogens with one attached hydrogen (secondary N) is 2. The fraction of sp³-hybridized carbons (Fsp3) is 0.560. The van der Waals surface area contributed by atoms with Gasteiger partial charge in [-0.3, -0.25) is 9.59 Å². The molecule has 0 spiro atoms. The maximum atomic E-state index is 13.5. The first-order valence-electron chi connectivity index (χ1n) is 11.1. The third-order valence-corrected chi connectivity index (χ3v) is 4.79. The summed E-state index contributed by atoms with van der Waals surface area (Å²) in [4.78, 5) is 40.8. The van der Waals surface area contributed by atoms with E-state index in [2.05, 4.69) is 17.2 Å². The van der Waals surface area contributed by atoms with Gasteiger partial charge in [0.2, 0.25) is 11.8 Å². The maximum absolute atomic E-state index is 13.5. The van der Waals surface area contributed by atoms with Gasteiger partial charge in [-0.25, -0.2) is 4.79 Å². The number of carbonyl (C=O) groups is 3. The van der Waals surface area contributed by atoms with Crippen molar-refractivity contribution in [3.63, 3.8) is 0 Å². The van der Waals surface area contributed by atoms with E-state index >= 15 is 0 Å². The van der Waals surface area contributed by atoms with Crippen LogP contribution in [0.3, 0.4) is 0 Å². The number of ether oxygens (including phenoxy) is 1. The molecule has 32 heavy (non-hydrogen) atoms. The fourth-order valence-electron chi connectivity index (χ4n) is 3.37. The molecule has 176 valence electrons. The van der Waals surface area contributed by atoms with Crippen LogP contribution in [0.4, 0.5) is 4.79 Å². The molecule has 0 heterocycles. The summed E-state index contributed by atoms with van der Waals surface area (Å²) in [5.74, 6) is -0.583. The third-order valence-electron chi connectivity index (χ3n) is 4.79. The molecule has 0 bridgehead atoms. The van der Waals surface area contributed by atoms with Gasteiger partial charge in [0.05, 0.1) is 0 Å². The summed E-state index contributed by atoms with van der Waals surface area (Å²) >= 11 is 0. The zero-order valence-corrected chi connectivity index (χ0v) is 20.3. The van der Waals surface area contributed by atoms with Gasteiger partial charge in [0.15, 0.2) is 0 Å². The number of rotatable bonds is 7. The Bertz CT molecular complexity index is 863. The first kappa shape index (κ1) is 25.4. The third kappa shape index (κ3) is 7.39. The molecule has 2 rings (SSSR count). The van der Waals surface area contributed by atoms with Crippen LogP contribution in [-0.2, 0) is 14.3 Å². The summed E-state index contributed by atoms with van der Waals surface area (Å²) < 4.78 is 5.29. The molecule has 1 fully saturated rings. The minimum Gasteiger partial charge on any atom is -0.444 e. The van der Waals surface area contributed by atoms with Crippen molar-refractivity contribution >= 4 is 24.0 Å². The van der Waals surface area contributed by atoms with Crippen LogP contribution in [0, 0.1) is 0 Å². The van der Waals surface area contributed by atoms with Gasteiger partial charge in [-0.05, 0) is 78.5 Å². The first-order chi connectivity index (χ1) is 14.7. The highest BCUT2D eigenvalue weighted by Gasteiger charge is 2.43. The quantitative estimate of drug-likeness (QED) is 0.661.